The van der Waals surface area contributed by atoms with Crippen molar-refractivity contribution in [3.8, 4) is 0 Å². The van der Waals surface area contributed by atoms with Gasteiger partial charge in [-0.3, -0.25) is 0 Å². The molecule has 0 aliphatic carbocycles. The van der Waals surface area contributed by atoms with Crippen LogP contribution in [0.15, 0.2) is 0 Å². The lowest BCUT2D eigenvalue weighted by Crippen LogP contribution is -2.11. The molecule has 0 spiro atoms. The van der Waals surface area contributed by atoms with Gasteiger partial charge in [0.15, 0.2) is 0 Å². The van der Waals surface area contributed by atoms with Crippen molar-refractivity contribution in [1.29, 1.82) is 0 Å². The monoisotopic (exact) mass is 338 g/mol. The summed E-state index contributed by atoms with van der Waals surface area (Å²) in [6, 6.07) is 0. The molecule has 0 aliphatic heterocycles. The van der Waals surface area contributed by atoms with Crippen LogP contribution in [-0.2, 0) is 0 Å². The Morgan fingerprint density at radius 2 is 0.652 bits per heavy atom. The SMILES string of the molecule is CCCCCCCCCCCCC[CH2][Al]([CH2]CCC)[CH2]CCC. The average molecular weight is 339 g/mol. The van der Waals surface area contributed by atoms with E-state index in [0.29, 0.717) is 0 Å². The maximum absolute atomic E-state index is 2.36. The fraction of sp³-hybridized carbons (Fsp3) is 1.00. The van der Waals surface area contributed by atoms with Crippen LogP contribution < -0.4 is 0 Å². The zero-order valence-electron chi connectivity index (χ0n) is 17.0. The number of hydrogen-bond acceptors (Lipinski definition) is 0. The summed E-state index contributed by atoms with van der Waals surface area (Å²) in [4.78, 5) is 0. The maximum atomic E-state index is 2.36. The molecule has 0 aromatic carbocycles. The molecule has 0 amide bonds. The summed E-state index contributed by atoms with van der Waals surface area (Å²) < 4.78 is 0. The zero-order chi connectivity index (χ0) is 17.0. The van der Waals surface area contributed by atoms with Crippen LogP contribution in [0.2, 0.25) is 15.8 Å². The van der Waals surface area contributed by atoms with E-state index in [-0.39, 0.29) is 14.1 Å². The minimum atomic E-state index is -0.353. The van der Waals surface area contributed by atoms with E-state index in [0.717, 1.165) is 0 Å². The number of hydrogen-bond donors (Lipinski definition) is 0. The van der Waals surface area contributed by atoms with Gasteiger partial charge >= 0.3 is 0 Å². The molecule has 0 N–H and O–H groups in total. The Hall–Kier alpha value is 0.532. The summed E-state index contributed by atoms with van der Waals surface area (Å²) in [6.07, 6.45) is 23.7. The summed E-state index contributed by atoms with van der Waals surface area (Å²) in [5.41, 5.74) is 0. The van der Waals surface area contributed by atoms with Crippen molar-refractivity contribution in [2.45, 2.75) is 139 Å². The molecule has 0 heterocycles. The van der Waals surface area contributed by atoms with Gasteiger partial charge in [0.25, 0.3) is 14.1 Å². The molecule has 0 nitrogen and oxygen atoms in total. The largest absolute Gasteiger partial charge is 0.261 e. The Morgan fingerprint density at radius 3 is 1.04 bits per heavy atom. The summed E-state index contributed by atoms with van der Waals surface area (Å²) in [6.45, 7) is 7.02. The van der Waals surface area contributed by atoms with Gasteiger partial charge in [0.1, 0.15) is 0 Å². The van der Waals surface area contributed by atoms with E-state index in [1.165, 1.54) is 96.3 Å². The second-order valence-corrected chi connectivity index (χ2v) is 11.3. The number of rotatable bonds is 19. The second-order valence-electron chi connectivity index (χ2n) is 7.83. The van der Waals surface area contributed by atoms with Crippen molar-refractivity contribution < 1.29 is 0 Å². The molecule has 0 atom stereocenters. The Balaban J connectivity index is 3.31. The fourth-order valence-electron chi connectivity index (χ4n) is 3.69. The van der Waals surface area contributed by atoms with Crippen LogP contribution in [0.3, 0.4) is 0 Å². The molecule has 0 bridgehead atoms. The molecule has 23 heavy (non-hydrogen) atoms. The van der Waals surface area contributed by atoms with Crippen LogP contribution in [0.25, 0.3) is 0 Å². The molecule has 0 unspecified atom stereocenters. The van der Waals surface area contributed by atoms with Crippen LogP contribution in [-0.4, -0.2) is 14.1 Å². The Labute approximate surface area is 153 Å². The van der Waals surface area contributed by atoms with Crippen LogP contribution in [0, 0.1) is 0 Å². The Kier molecular flexibility index (Phi) is 21.1. The molecule has 0 aliphatic rings. The van der Waals surface area contributed by atoms with Crippen LogP contribution in [0.1, 0.15) is 124 Å². The molecular formula is C22H47Al. The van der Waals surface area contributed by atoms with Crippen molar-refractivity contribution in [3.63, 3.8) is 0 Å². The lowest BCUT2D eigenvalue weighted by atomic mass is 10.1. The van der Waals surface area contributed by atoms with E-state index in [1.54, 1.807) is 22.3 Å². The van der Waals surface area contributed by atoms with Gasteiger partial charge in [-0.15, -0.1) is 0 Å². The predicted octanol–water partition coefficient (Wildman–Crippen LogP) is 8.78. The van der Waals surface area contributed by atoms with Crippen LogP contribution >= 0.6 is 0 Å². The van der Waals surface area contributed by atoms with Crippen molar-refractivity contribution in [1.82, 2.24) is 0 Å². The minimum absolute atomic E-state index is 0.353. The van der Waals surface area contributed by atoms with Crippen molar-refractivity contribution in [3.05, 3.63) is 0 Å². The fourth-order valence-corrected chi connectivity index (χ4v) is 7.40. The van der Waals surface area contributed by atoms with E-state index in [2.05, 4.69) is 20.8 Å². The van der Waals surface area contributed by atoms with Gasteiger partial charge in [-0.25, -0.2) is 0 Å². The standard InChI is InChI=1S/C14H29.2C4H9.Al/c1-3-5-7-9-11-13-14-12-10-8-6-4-2;2*1-3-4-2;/h1,3-14H2,2H3;2*1,3-4H2,2H3;. The first-order valence-electron chi connectivity index (χ1n) is 11.3. The molecule has 0 saturated carbocycles. The smallest absolute Gasteiger partial charge is 0.0939 e. The third kappa shape index (κ3) is 18.7. The van der Waals surface area contributed by atoms with E-state index < -0.39 is 0 Å². The van der Waals surface area contributed by atoms with E-state index in [1.807, 2.05) is 0 Å². The van der Waals surface area contributed by atoms with Gasteiger partial charge in [0.2, 0.25) is 0 Å². The Bertz CT molecular complexity index is 194. The van der Waals surface area contributed by atoms with Crippen molar-refractivity contribution in [2.24, 2.45) is 0 Å². The lowest BCUT2D eigenvalue weighted by molar-refractivity contribution is 0.547. The van der Waals surface area contributed by atoms with E-state index >= 15 is 0 Å². The molecule has 138 valence electrons. The highest BCUT2D eigenvalue weighted by atomic mass is 27.2. The van der Waals surface area contributed by atoms with Crippen molar-refractivity contribution in [2.75, 3.05) is 0 Å². The maximum Gasteiger partial charge on any atom is 0.261 e. The first-order valence-corrected chi connectivity index (χ1v) is 13.8. The highest BCUT2D eigenvalue weighted by Gasteiger charge is 2.14. The molecular weight excluding hydrogens is 291 g/mol. The molecule has 0 aromatic heterocycles. The third-order valence-electron chi connectivity index (χ3n) is 5.40. The van der Waals surface area contributed by atoms with Crippen LogP contribution in [0.5, 0.6) is 0 Å². The molecule has 1 heteroatoms. The molecule has 0 fully saturated rings. The topological polar surface area (TPSA) is 0 Å². The lowest BCUT2D eigenvalue weighted by Gasteiger charge is -2.11. The van der Waals surface area contributed by atoms with Crippen molar-refractivity contribution >= 4 is 14.1 Å². The average Bonchev–Trinajstić information content (AvgIpc) is 2.57. The molecule has 0 saturated heterocycles. The first-order chi connectivity index (χ1) is 11.3. The van der Waals surface area contributed by atoms with Gasteiger partial charge in [-0.2, -0.15) is 0 Å². The summed E-state index contributed by atoms with van der Waals surface area (Å²) in [7, 11) is 0. The normalized spacial score (nSPS) is 11.1. The Morgan fingerprint density at radius 1 is 0.348 bits per heavy atom. The highest BCUT2D eigenvalue weighted by molar-refractivity contribution is 6.58. The van der Waals surface area contributed by atoms with Gasteiger partial charge < -0.3 is 0 Å². The van der Waals surface area contributed by atoms with Gasteiger partial charge in [0.05, 0.1) is 0 Å². The van der Waals surface area contributed by atoms with Gasteiger partial charge in [-0.05, 0) is 0 Å². The molecule has 0 radical (unpaired) electrons. The van der Waals surface area contributed by atoms with Gasteiger partial charge in [0, 0.05) is 0 Å². The van der Waals surface area contributed by atoms with E-state index in [9.17, 15) is 0 Å². The van der Waals surface area contributed by atoms with E-state index in [4.69, 9.17) is 0 Å². The predicted molar refractivity (Wildman–Crippen MR) is 111 cm³/mol. The quantitative estimate of drug-likeness (QED) is 0.163. The summed E-state index contributed by atoms with van der Waals surface area (Å²) in [5.74, 6) is 0. The first kappa shape index (κ1) is 23.5. The second kappa shape index (κ2) is 20.6. The summed E-state index contributed by atoms with van der Waals surface area (Å²) >= 11 is -0.353. The van der Waals surface area contributed by atoms with Gasteiger partial charge in [-0.1, -0.05) is 139 Å². The number of unbranched alkanes of at least 4 members (excludes halogenated alkanes) is 13. The molecule has 0 rings (SSSR count). The van der Waals surface area contributed by atoms with Crippen LogP contribution in [0.4, 0.5) is 0 Å². The third-order valence-corrected chi connectivity index (χ3v) is 9.07. The highest BCUT2D eigenvalue weighted by Crippen LogP contribution is 2.18. The molecule has 0 aromatic rings. The summed E-state index contributed by atoms with van der Waals surface area (Å²) in [5, 5.41) is 4.92. The minimum Gasteiger partial charge on any atom is -0.0939 e. The zero-order valence-corrected chi connectivity index (χ0v) is 18.2.